The Morgan fingerprint density at radius 2 is 1.79 bits per heavy atom. The number of aliphatic hydroxyl groups is 1. The van der Waals surface area contributed by atoms with Crippen LogP contribution in [0.4, 0.5) is 13.2 Å². The zero-order valence-electron chi connectivity index (χ0n) is 21.3. The second kappa shape index (κ2) is 9.12. The highest BCUT2D eigenvalue weighted by Gasteiger charge is 2.58. The lowest BCUT2D eigenvalue weighted by atomic mass is 9.54. The Bertz CT molecular complexity index is 1340. The van der Waals surface area contributed by atoms with Crippen LogP contribution in [0.15, 0.2) is 36.4 Å². The molecule has 2 saturated heterocycles. The highest BCUT2D eigenvalue weighted by molar-refractivity contribution is 6.05. The molecule has 3 aliphatic heterocycles. The van der Waals surface area contributed by atoms with Gasteiger partial charge in [-0.2, -0.15) is 13.2 Å². The average molecular weight is 543 g/mol. The van der Waals surface area contributed by atoms with E-state index in [1.54, 1.807) is 12.1 Å². The minimum absolute atomic E-state index is 0.136. The number of nitrogens with one attached hydrogen (secondary N) is 1. The van der Waals surface area contributed by atoms with Crippen LogP contribution in [0, 0.1) is 5.41 Å². The van der Waals surface area contributed by atoms with E-state index in [0.29, 0.717) is 43.0 Å². The molecular formula is C28H29F3N4O4. The van der Waals surface area contributed by atoms with Crippen molar-refractivity contribution in [3.8, 4) is 0 Å². The Balaban J connectivity index is 1.20. The lowest BCUT2D eigenvalue weighted by Crippen LogP contribution is -2.61. The van der Waals surface area contributed by atoms with Crippen LogP contribution in [-0.4, -0.2) is 56.7 Å². The predicted molar refractivity (Wildman–Crippen MR) is 132 cm³/mol. The maximum Gasteiger partial charge on any atom is 0.416 e. The molecule has 206 valence electrons. The first kappa shape index (κ1) is 25.9. The molecule has 1 aliphatic carbocycles. The fraction of sp³-hybridized carbons (Fsp3) is 0.500. The molecule has 11 heteroatoms. The van der Waals surface area contributed by atoms with Gasteiger partial charge in [0.1, 0.15) is 11.6 Å². The first-order valence-electron chi connectivity index (χ1n) is 13.3. The van der Waals surface area contributed by atoms with E-state index in [4.69, 9.17) is 4.98 Å². The van der Waals surface area contributed by atoms with Gasteiger partial charge in [0, 0.05) is 31.5 Å². The molecule has 2 aromatic rings. The summed E-state index contributed by atoms with van der Waals surface area (Å²) in [5.74, 6) is -1.14. The van der Waals surface area contributed by atoms with Crippen molar-refractivity contribution in [1.82, 2.24) is 20.1 Å². The molecule has 0 unspecified atom stereocenters. The van der Waals surface area contributed by atoms with Crippen molar-refractivity contribution in [2.45, 2.75) is 69.4 Å². The number of alkyl halides is 3. The second-order valence-corrected chi connectivity index (χ2v) is 11.2. The van der Waals surface area contributed by atoms with Gasteiger partial charge in [-0.05, 0) is 55.5 Å². The number of fused-ring (bicyclic) bond motifs is 1. The van der Waals surface area contributed by atoms with Gasteiger partial charge in [-0.1, -0.05) is 18.6 Å². The van der Waals surface area contributed by atoms with Gasteiger partial charge in [0.15, 0.2) is 0 Å². The summed E-state index contributed by atoms with van der Waals surface area (Å²) in [6, 6.07) is 7.85. The zero-order chi connectivity index (χ0) is 27.6. The van der Waals surface area contributed by atoms with E-state index in [1.165, 1.54) is 17.0 Å². The molecule has 39 heavy (non-hydrogen) atoms. The molecule has 1 aromatic heterocycles. The van der Waals surface area contributed by atoms with Gasteiger partial charge < -0.3 is 10.0 Å². The Morgan fingerprint density at radius 1 is 1.05 bits per heavy atom. The van der Waals surface area contributed by atoms with E-state index in [9.17, 15) is 32.7 Å². The summed E-state index contributed by atoms with van der Waals surface area (Å²) in [4.78, 5) is 45.4. The van der Waals surface area contributed by atoms with Crippen LogP contribution in [0.5, 0.6) is 0 Å². The fourth-order valence-corrected chi connectivity index (χ4v) is 6.66. The molecule has 4 aliphatic rings. The summed E-state index contributed by atoms with van der Waals surface area (Å²) >= 11 is 0. The summed E-state index contributed by atoms with van der Waals surface area (Å²) in [5.41, 5.74) is -0.121. The smallest absolute Gasteiger partial charge is 0.383 e. The molecule has 0 radical (unpaired) electrons. The van der Waals surface area contributed by atoms with E-state index >= 15 is 0 Å². The van der Waals surface area contributed by atoms with Crippen LogP contribution in [0.1, 0.15) is 71.4 Å². The summed E-state index contributed by atoms with van der Waals surface area (Å²) in [5, 5.41) is 14.4. The first-order chi connectivity index (χ1) is 18.5. The molecule has 1 aromatic carbocycles. The standard InChI is InChI=1S/C28H29F3N4O4/c29-28(30,31)18-4-2-17(3-5-18)14-34-13-12-27(39,26(16-34)10-1-11-26)22-8-6-19-20(32-22)15-35(25(19)38)21-7-9-23(36)33-24(21)37/h2-6,8,21,39H,1,7,9-16H2,(H,33,36,37)/t21-,27-/m0/s1. The van der Waals surface area contributed by atoms with E-state index in [2.05, 4.69) is 10.2 Å². The highest BCUT2D eigenvalue weighted by atomic mass is 19.4. The topological polar surface area (TPSA) is 103 Å². The monoisotopic (exact) mass is 542 g/mol. The lowest BCUT2D eigenvalue weighted by Gasteiger charge is -2.58. The first-order valence-corrected chi connectivity index (χ1v) is 13.3. The van der Waals surface area contributed by atoms with E-state index in [0.717, 1.165) is 37.0 Å². The van der Waals surface area contributed by atoms with Gasteiger partial charge in [0.2, 0.25) is 11.8 Å². The molecule has 3 amide bonds. The minimum atomic E-state index is -4.37. The summed E-state index contributed by atoms with van der Waals surface area (Å²) in [7, 11) is 0. The fourth-order valence-electron chi connectivity index (χ4n) is 6.66. The quantitative estimate of drug-likeness (QED) is 0.576. The van der Waals surface area contributed by atoms with Crippen molar-refractivity contribution in [3.05, 3.63) is 64.5 Å². The molecule has 8 nitrogen and oxygen atoms in total. The maximum absolute atomic E-state index is 13.1. The Morgan fingerprint density at radius 3 is 2.44 bits per heavy atom. The number of likely N-dealkylation sites (tertiary alicyclic amines) is 1. The number of carbonyl (C=O) groups excluding carboxylic acids is 3. The van der Waals surface area contributed by atoms with Crippen LogP contribution in [-0.2, 0) is 34.5 Å². The number of piperidine rings is 2. The Labute approximate surface area is 223 Å². The number of carbonyl (C=O) groups is 3. The number of imide groups is 1. The van der Waals surface area contributed by atoms with Crippen molar-refractivity contribution >= 4 is 17.7 Å². The molecule has 1 saturated carbocycles. The third kappa shape index (κ3) is 4.31. The van der Waals surface area contributed by atoms with Crippen LogP contribution in [0.2, 0.25) is 0 Å². The van der Waals surface area contributed by atoms with Crippen molar-refractivity contribution in [2.75, 3.05) is 13.1 Å². The van der Waals surface area contributed by atoms with Crippen LogP contribution < -0.4 is 5.32 Å². The molecule has 6 rings (SSSR count). The van der Waals surface area contributed by atoms with Gasteiger partial charge in [0.05, 0.1) is 29.1 Å². The summed E-state index contributed by atoms with van der Waals surface area (Å²) in [6.07, 6.45) is -0.977. The maximum atomic E-state index is 13.1. The second-order valence-electron chi connectivity index (χ2n) is 11.2. The number of hydrogen-bond donors (Lipinski definition) is 2. The molecule has 3 fully saturated rings. The Hall–Kier alpha value is -3.31. The Kier molecular flexibility index (Phi) is 6.07. The van der Waals surface area contributed by atoms with Crippen LogP contribution >= 0.6 is 0 Å². The zero-order valence-corrected chi connectivity index (χ0v) is 21.3. The number of hydrogen-bond acceptors (Lipinski definition) is 6. The van der Waals surface area contributed by atoms with E-state index in [1.807, 2.05) is 0 Å². The predicted octanol–water partition coefficient (Wildman–Crippen LogP) is 3.13. The average Bonchev–Trinajstić information content (AvgIpc) is 3.19. The van der Waals surface area contributed by atoms with E-state index < -0.39 is 34.7 Å². The summed E-state index contributed by atoms with van der Waals surface area (Å²) in [6.45, 7) is 1.75. The SMILES string of the molecule is O=C1CC[C@H](N2Cc3nc([C@@]4(O)CCN(Cc5ccc(C(F)(F)F)cc5)CC45CCC5)ccc3C2=O)C(=O)N1. The van der Waals surface area contributed by atoms with Crippen molar-refractivity contribution in [3.63, 3.8) is 0 Å². The highest BCUT2D eigenvalue weighted by Crippen LogP contribution is 2.57. The number of halogens is 3. The molecule has 2 N–H and O–H groups in total. The number of aromatic nitrogens is 1. The normalized spacial score (nSPS) is 26.9. The molecule has 0 bridgehead atoms. The van der Waals surface area contributed by atoms with Crippen molar-refractivity contribution in [2.24, 2.45) is 5.41 Å². The lowest BCUT2D eigenvalue weighted by molar-refractivity contribution is -0.183. The molecule has 2 atom stereocenters. The third-order valence-electron chi connectivity index (χ3n) is 8.99. The van der Waals surface area contributed by atoms with Crippen molar-refractivity contribution in [1.29, 1.82) is 0 Å². The van der Waals surface area contributed by atoms with E-state index in [-0.39, 0.29) is 31.2 Å². The largest absolute Gasteiger partial charge is 0.416 e. The van der Waals surface area contributed by atoms with Gasteiger partial charge in [-0.25, -0.2) is 0 Å². The third-order valence-corrected chi connectivity index (χ3v) is 8.99. The number of benzene rings is 1. The van der Waals surface area contributed by atoms with Crippen molar-refractivity contribution < 1.29 is 32.7 Å². The molecular weight excluding hydrogens is 513 g/mol. The molecule has 4 heterocycles. The van der Waals surface area contributed by atoms with Gasteiger partial charge in [-0.15, -0.1) is 0 Å². The number of pyridine rings is 1. The van der Waals surface area contributed by atoms with Gasteiger partial charge in [-0.3, -0.25) is 29.6 Å². The number of amides is 3. The summed E-state index contributed by atoms with van der Waals surface area (Å²) < 4.78 is 38.8. The minimum Gasteiger partial charge on any atom is -0.383 e. The number of rotatable bonds is 4. The van der Waals surface area contributed by atoms with Crippen LogP contribution in [0.3, 0.4) is 0 Å². The van der Waals surface area contributed by atoms with Gasteiger partial charge in [0.25, 0.3) is 5.91 Å². The van der Waals surface area contributed by atoms with Crippen LogP contribution in [0.25, 0.3) is 0 Å². The van der Waals surface area contributed by atoms with Gasteiger partial charge >= 0.3 is 6.18 Å². The number of nitrogens with zero attached hydrogens (tertiary/aromatic N) is 3. The molecule has 1 spiro atoms.